The standard InChI is InChI=1S/C13H18N2OS/c1-17-12-7-3-2-6-11(12)15-13(16)10-5-4-8-14-9-10/h2-3,6-7,10,14H,4-5,8-9H2,1H3,(H,15,16)/t10-/m0/s1. The Hall–Kier alpha value is -1.00. The van der Waals surface area contributed by atoms with Crippen LogP contribution in [0, 0.1) is 5.92 Å². The summed E-state index contributed by atoms with van der Waals surface area (Å²) in [6.45, 7) is 1.83. The molecule has 0 aromatic heterocycles. The molecular formula is C13H18N2OS. The highest BCUT2D eigenvalue weighted by Crippen LogP contribution is 2.25. The molecule has 2 rings (SSSR count). The van der Waals surface area contributed by atoms with Gasteiger partial charge in [0.1, 0.15) is 0 Å². The molecule has 0 radical (unpaired) electrons. The van der Waals surface area contributed by atoms with Crippen molar-refractivity contribution in [3.05, 3.63) is 24.3 Å². The maximum Gasteiger partial charge on any atom is 0.228 e. The van der Waals surface area contributed by atoms with Gasteiger partial charge >= 0.3 is 0 Å². The third-order valence-corrected chi connectivity index (χ3v) is 3.83. The molecule has 1 aliphatic heterocycles. The predicted octanol–water partition coefficient (Wildman–Crippen LogP) is 2.35. The molecule has 0 bridgehead atoms. The van der Waals surface area contributed by atoms with E-state index in [1.165, 1.54) is 0 Å². The number of piperidine rings is 1. The molecule has 17 heavy (non-hydrogen) atoms. The fourth-order valence-electron chi connectivity index (χ4n) is 2.06. The van der Waals surface area contributed by atoms with E-state index in [1.54, 1.807) is 11.8 Å². The number of hydrogen-bond donors (Lipinski definition) is 2. The molecule has 0 spiro atoms. The average Bonchev–Trinajstić information content (AvgIpc) is 2.40. The molecule has 92 valence electrons. The van der Waals surface area contributed by atoms with Crippen LogP contribution in [0.4, 0.5) is 5.69 Å². The van der Waals surface area contributed by atoms with Gasteiger partial charge in [0.2, 0.25) is 5.91 Å². The SMILES string of the molecule is CSc1ccccc1NC(=O)[C@H]1CCCNC1. The van der Waals surface area contributed by atoms with Crippen molar-refractivity contribution in [2.75, 3.05) is 24.7 Å². The molecule has 1 atom stereocenters. The lowest BCUT2D eigenvalue weighted by Gasteiger charge is -2.22. The van der Waals surface area contributed by atoms with Crippen LogP contribution in [-0.2, 0) is 4.79 Å². The number of amides is 1. The van der Waals surface area contributed by atoms with Crippen LogP contribution in [0.15, 0.2) is 29.2 Å². The molecule has 3 nitrogen and oxygen atoms in total. The Kier molecular flexibility index (Phi) is 4.45. The molecule has 1 aromatic carbocycles. The van der Waals surface area contributed by atoms with Crippen molar-refractivity contribution in [1.29, 1.82) is 0 Å². The van der Waals surface area contributed by atoms with Crippen LogP contribution in [0.5, 0.6) is 0 Å². The number of carbonyl (C=O) groups excluding carboxylic acids is 1. The van der Waals surface area contributed by atoms with Gasteiger partial charge in [-0.25, -0.2) is 0 Å². The Morgan fingerprint density at radius 1 is 1.47 bits per heavy atom. The highest BCUT2D eigenvalue weighted by molar-refractivity contribution is 7.98. The highest BCUT2D eigenvalue weighted by atomic mass is 32.2. The van der Waals surface area contributed by atoms with E-state index in [0.717, 1.165) is 36.5 Å². The van der Waals surface area contributed by atoms with Gasteiger partial charge in [-0.2, -0.15) is 0 Å². The van der Waals surface area contributed by atoms with Crippen molar-refractivity contribution >= 4 is 23.4 Å². The van der Waals surface area contributed by atoms with Crippen LogP contribution in [0.3, 0.4) is 0 Å². The first-order chi connectivity index (χ1) is 8.31. The molecule has 4 heteroatoms. The van der Waals surface area contributed by atoms with Crippen molar-refractivity contribution < 1.29 is 4.79 Å². The Morgan fingerprint density at radius 3 is 3.00 bits per heavy atom. The molecule has 0 aliphatic carbocycles. The summed E-state index contributed by atoms with van der Waals surface area (Å²) < 4.78 is 0. The van der Waals surface area contributed by atoms with Gasteiger partial charge in [0, 0.05) is 11.4 Å². The molecule has 0 saturated carbocycles. The Bertz CT molecular complexity index is 389. The highest BCUT2D eigenvalue weighted by Gasteiger charge is 2.21. The molecule has 2 N–H and O–H groups in total. The number of rotatable bonds is 3. The number of carbonyl (C=O) groups is 1. The maximum atomic E-state index is 12.1. The van der Waals surface area contributed by atoms with Crippen LogP contribution < -0.4 is 10.6 Å². The zero-order valence-corrected chi connectivity index (χ0v) is 10.8. The van der Waals surface area contributed by atoms with E-state index in [4.69, 9.17) is 0 Å². The first kappa shape index (κ1) is 12.5. The van der Waals surface area contributed by atoms with Gasteiger partial charge < -0.3 is 10.6 Å². The van der Waals surface area contributed by atoms with Crippen molar-refractivity contribution in [2.24, 2.45) is 5.92 Å². The zero-order valence-electron chi connectivity index (χ0n) is 10.0. The number of thioether (sulfide) groups is 1. The summed E-state index contributed by atoms with van der Waals surface area (Å²) >= 11 is 1.65. The summed E-state index contributed by atoms with van der Waals surface area (Å²) in [5, 5.41) is 6.30. The van der Waals surface area contributed by atoms with Crippen molar-refractivity contribution in [2.45, 2.75) is 17.7 Å². The number of benzene rings is 1. The van der Waals surface area contributed by atoms with Crippen LogP contribution in [-0.4, -0.2) is 25.3 Å². The van der Waals surface area contributed by atoms with E-state index >= 15 is 0 Å². The fourth-order valence-corrected chi connectivity index (χ4v) is 2.61. The Morgan fingerprint density at radius 2 is 2.29 bits per heavy atom. The second kappa shape index (κ2) is 6.07. The van der Waals surface area contributed by atoms with Crippen LogP contribution in [0.2, 0.25) is 0 Å². The fraction of sp³-hybridized carbons (Fsp3) is 0.462. The van der Waals surface area contributed by atoms with Gasteiger partial charge in [-0.05, 0) is 37.8 Å². The first-order valence-electron chi connectivity index (χ1n) is 5.96. The largest absolute Gasteiger partial charge is 0.325 e. The van der Waals surface area contributed by atoms with Crippen molar-refractivity contribution in [3.8, 4) is 0 Å². The van der Waals surface area contributed by atoms with E-state index in [-0.39, 0.29) is 11.8 Å². The van der Waals surface area contributed by atoms with Crippen molar-refractivity contribution in [1.82, 2.24) is 5.32 Å². The molecule has 1 saturated heterocycles. The minimum Gasteiger partial charge on any atom is -0.325 e. The number of para-hydroxylation sites is 1. The van der Waals surface area contributed by atoms with Gasteiger partial charge in [-0.1, -0.05) is 12.1 Å². The number of nitrogens with one attached hydrogen (secondary N) is 2. The van der Waals surface area contributed by atoms with Gasteiger partial charge in [0.15, 0.2) is 0 Å². The summed E-state index contributed by atoms with van der Waals surface area (Å²) in [6, 6.07) is 7.93. The predicted molar refractivity (Wildman–Crippen MR) is 72.4 cm³/mol. The Labute approximate surface area is 106 Å². The van der Waals surface area contributed by atoms with Gasteiger partial charge in [-0.15, -0.1) is 11.8 Å². The van der Waals surface area contributed by atoms with Gasteiger partial charge in [-0.3, -0.25) is 4.79 Å². The van der Waals surface area contributed by atoms with E-state index in [2.05, 4.69) is 10.6 Å². The van der Waals surface area contributed by atoms with Crippen LogP contribution in [0.1, 0.15) is 12.8 Å². The van der Waals surface area contributed by atoms with E-state index in [9.17, 15) is 4.79 Å². The van der Waals surface area contributed by atoms with E-state index in [1.807, 2.05) is 30.5 Å². The molecule has 1 amide bonds. The van der Waals surface area contributed by atoms with E-state index < -0.39 is 0 Å². The summed E-state index contributed by atoms with van der Waals surface area (Å²) in [4.78, 5) is 13.2. The summed E-state index contributed by atoms with van der Waals surface area (Å²) in [7, 11) is 0. The number of anilines is 1. The lowest BCUT2D eigenvalue weighted by Crippen LogP contribution is -2.37. The molecule has 1 fully saturated rings. The van der Waals surface area contributed by atoms with Gasteiger partial charge in [0.05, 0.1) is 11.6 Å². The second-order valence-electron chi connectivity index (χ2n) is 4.23. The summed E-state index contributed by atoms with van der Waals surface area (Å²) in [6.07, 6.45) is 4.09. The third kappa shape index (κ3) is 3.23. The Balaban J connectivity index is 2.01. The number of hydrogen-bond acceptors (Lipinski definition) is 3. The average molecular weight is 250 g/mol. The zero-order chi connectivity index (χ0) is 12.1. The van der Waals surface area contributed by atoms with Crippen molar-refractivity contribution in [3.63, 3.8) is 0 Å². The quantitative estimate of drug-likeness (QED) is 0.809. The monoisotopic (exact) mass is 250 g/mol. The summed E-state index contributed by atoms with van der Waals surface area (Å²) in [5.41, 5.74) is 0.926. The summed E-state index contributed by atoms with van der Waals surface area (Å²) in [5.74, 6) is 0.248. The van der Waals surface area contributed by atoms with Crippen LogP contribution >= 0.6 is 11.8 Å². The second-order valence-corrected chi connectivity index (χ2v) is 5.08. The van der Waals surface area contributed by atoms with E-state index in [0.29, 0.717) is 0 Å². The minimum absolute atomic E-state index is 0.110. The first-order valence-corrected chi connectivity index (χ1v) is 7.18. The lowest BCUT2D eigenvalue weighted by atomic mass is 9.99. The lowest BCUT2D eigenvalue weighted by molar-refractivity contribution is -0.120. The molecule has 1 heterocycles. The molecule has 1 aliphatic rings. The smallest absolute Gasteiger partial charge is 0.228 e. The molecule has 0 unspecified atom stereocenters. The topological polar surface area (TPSA) is 41.1 Å². The van der Waals surface area contributed by atoms with Crippen LogP contribution in [0.25, 0.3) is 0 Å². The molecule has 1 aromatic rings. The van der Waals surface area contributed by atoms with Gasteiger partial charge in [0.25, 0.3) is 0 Å². The minimum atomic E-state index is 0.110. The normalized spacial score (nSPS) is 19.9. The molecular weight excluding hydrogens is 232 g/mol. The maximum absolute atomic E-state index is 12.1. The third-order valence-electron chi connectivity index (χ3n) is 3.03.